The number of likely N-dealkylation sites (tertiary alicyclic amines) is 1. The Morgan fingerprint density at radius 3 is 2.41 bits per heavy atom. The average molecular weight is 326 g/mol. The molecule has 0 N–H and O–H groups in total. The first-order chi connectivity index (χ1) is 10.5. The SMILES string of the molecule is Cc1nnc(S(=O)(=O)CC(=O)N2CCC2)n1C1CCCCC1. The average Bonchev–Trinajstić information content (AvgIpc) is 2.79. The van der Waals surface area contributed by atoms with Crippen molar-refractivity contribution in [1.29, 1.82) is 0 Å². The van der Waals surface area contributed by atoms with Crippen LogP contribution in [0, 0.1) is 6.92 Å². The molecule has 0 radical (unpaired) electrons. The summed E-state index contributed by atoms with van der Waals surface area (Å²) in [5, 5.41) is 7.79. The summed E-state index contributed by atoms with van der Waals surface area (Å²) in [7, 11) is -3.74. The van der Waals surface area contributed by atoms with E-state index in [0.717, 1.165) is 32.1 Å². The van der Waals surface area contributed by atoms with Gasteiger partial charge in [-0.1, -0.05) is 19.3 Å². The maximum atomic E-state index is 12.6. The van der Waals surface area contributed by atoms with E-state index in [9.17, 15) is 13.2 Å². The summed E-state index contributed by atoms with van der Waals surface area (Å²) in [4.78, 5) is 13.6. The van der Waals surface area contributed by atoms with E-state index in [1.54, 1.807) is 16.4 Å². The van der Waals surface area contributed by atoms with Crippen LogP contribution in [0.4, 0.5) is 0 Å². The Morgan fingerprint density at radius 2 is 1.82 bits per heavy atom. The number of carbonyl (C=O) groups is 1. The molecule has 1 amide bonds. The molecule has 3 rings (SSSR count). The van der Waals surface area contributed by atoms with Crippen LogP contribution in [0.5, 0.6) is 0 Å². The van der Waals surface area contributed by atoms with Gasteiger partial charge in [0.05, 0.1) is 0 Å². The maximum Gasteiger partial charge on any atom is 0.250 e. The summed E-state index contributed by atoms with van der Waals surface area (Å²) in [5.41, 5.74) is 0. The van der Waals surface area contributed by atoms with Gasteiger partial charge in [-0.15, -0.1) is 10.2 Å². The second kappa shape index (κ2) is 5.98. The van der Waals surface area contributed by atoms with Crippen molar-refractivity contribution in [3.8, 4) is 0 Å². The second-order valence-electron chi connectivity index (χ2n) is 6.19. The first-order valence-corrected chi connectivity index (χ1v) is 9.56. The first-order valence-electron chi connectivity index (χ1n) is 7.91. The predicted octanol–water partition coefficient (Wildman–Crippen LogP) is 1.10. The lowest BCUT2D eigenvalue weighted by atomic mass is 9.95. The van der Waals surface area contributed by atoms with Gasteiger partial charge in [0, 0.05) is 19.1 Å². The van der Waals surface area contributed by atoms with Gasteiger partial charge in [0.15, 0.2) is 0 Å². The molecular formula is C14H22N4O3S. The third-order valence-corrected chi connectivity index (χ3v) is 6.04. The van der Waals surface area contributed by atoms with E-state index in [0.29, 0.717) is 18.9 Å². The predicted molar refractivity (Wildman–Crippen MR) is 80.1 cm³/mol. The Kier molecular flexibility index (Phi) is 4.20. The Hall–Kier alpha value is -1.44. The van der Waals surface area contributed by atoms with Crippen molar-refractivity contribution in [2.45, 2.75) is 56.6 Å². The van der Waals surface area contributed by atoms with Gasteiger partial charge in [0.2, 0.25) is 15.7 Å². The summed E-state index contributed by atoms with van der Waals surface area (Å²) in [5.74, 6) is -0.221. The Balaban J connectivity index is 1.85. The monoisotopic (exact) mass is 326 g/mol. The molecule has 0 aromatic carbocycles. The lowest BCUT2D eigenvalue weighted by Gasteiger charge is -2.30. The van der Waals surface area contributed by atoms with Crippen molar-refractivity contribution >= 4 is 15.7 Å². The highest BCUT2D eigenvalue weighted by molar-refractivity contribution is 7.91. The quantitative estimate of drug-likeness (QED) is 0.827. The van der Waals surface area contributed by atoms with E-state index in [4.69, 9.17) is 0 Å². The van der Waals surface area contributed by atoms with Crippen LogP contribution in [-0.4, -0.2) is 52.8 Å². The largest absolute Gasteiger partial charge is 0.342 e. The van der Waals surface area contributed by atoms with Crippen molar-refractivity contribution in [3.05, 3.63) is 5.82 Å². The van der Waals surface area contributed by atoms with Crippen LogP contribution in [0.1, 0.15) is 50.4 Å². The highest BCUT2D eigenvalue weighted by Gasteiger charge is 2.32. The molecule has 0 atom stereocenters. The Morgan fingerprint density at radius 1 is 1.14 bits per heavy atom. The van der Waals surface area contributed by atoms with Gasteiger partial charge in [0.25, 0.3) is 5.16 Å². The summed E-state index contributed by atoms with van der Waals surface area (Å²) >= 11 is 0. The third kappa shape index (κ3) is 2.88. The Labute approximate surface area is 130 Å². The number of rotatable bonds is 4. The number of amides is 1. The highest BCUT2D eigenvalue weighted by atomic mass is 32.2. The van der Waals surface area contributed by atoms with Gasteiger partial charge in [0.1, 0.15) is 11.6 Å². The maximum absolute atomic E-state index is 12.6. The number of nitrogens with zero attached hydrogens (tertiary/aromatic N) is 4. The lowest BCUT2D eigenvalue weighted by molar-refractivity contribution is -0.131. The van der Waals surface area contributed by atoms with Crippen molar-refractivity contribution < 1.29 is 13.2 Å². The van der Waals surface area contributed by atoms with E-state index in [1.165, 1.54) is 6.42 Å². The fourth-order valence-electron chi connectivity index (χ4n) is 3.21. The summed E-state index contributed by atoms with van der Waals surface area (Å²) in [6.07, 6.45) is 6.21. The normalized spacial score (nSPS) is 20.0. The summed E-state index contributed by atoms with van der Waals surface area (Å²) in [6.45, 7) is 3.09. The van der Waals surface area contributed by atoms with Gasteiger partial charge in [-0.25, -0.2) is 8.42 Å². The molecule has 0 bridgehead atoms. The molecule has 1 aromatic rings. The molecule has 0 spiro atoms. The molecule has 2 aliphatic rings. The van der Waals surface area contributed by atoms with Crippen molar-refractivity contribution in [2.75, 3.05) is 18.8 Å². The van der Waals surface area contributed by atoms with E-state index in [-0.39, 0.29) is 17.1 Å². The molecule has 1 aromatic heterocycles. The number of carbonyl (C=O) groups excluding carboxylic acids is 1. The Bertz CT molecular complexity index is 658. The first kappa shape index (κ1) is 15.5. The van der Waals surface area contributed by atoms with Crippen LogP contribution in [-0.2, 0) is 14.6 Å². The lowest BCUT2D eigenvalue weighted by Crippen LogP contribution is -2.45. The zero-order valence-corrected chi connectivity index (χ0v) is 13.7. The van der Waals surface area contributed by atoms with Crippen LogP contribution in [0.3, 0.4) is 0 Å². The van der Waals surface area contributed by atoms with E-state index in [1.807, 2.05) is 0 Å². The molecule has 1 saturated heterocycles. The van der Waals surface area contributed by atoms with Crippen LogP contribution in [0.25, 0.3) is 0 Å². The fourth-order valence-corrected chi connectivity index (χ4v) is 4.59. The van der Waals surface area contributed by atoms with E-state index < -0.39 is 15.6 Å². The molecule has 122 valence electrons. The fraction of sp³-hybridized carbons (Fsp3) is 0.786. The smallest absolute Gasteiger partial charge is 0.250 e. The number of aromatic nitrogens is 3. The molecular weight excluding hydrogens is 304 g/mol. The van der Waals surface area contributed by atoms with Gasteiger partial charge < -0.3 is 4.90 Å². The van der Waals surface area contributed by atoms with Gasteiger partial charge >= 0.3 is 0 Å². The zero-order chi connectivity index (χ0) is 15.7. The van der Waals surface area contributed by atoms with Crippen LogP contribution in [0.15, 0.2) is 5.16 Å². The molecule has 1 aliphatic heterocycles. The third-order valence-electron chi connectivity index (χ3n) is 4.58. The minimum absolute atomic E-state index is 0.0363. The zero-order valence-electron chi connectivity index (χ0n) is 12.9. The van der Waals surface area contributed by atoms with Crippen LogP contribution < -0.4 is 0 Å². The standard InChI is InChI=1S/C14H22N4O3S/c1-11-15-16-14(18(11)12-6-3-2-4-7-12)22(20,21)10-13(19)17-8-5-9-17/h12H,2-10H2,1H3. The molecule has 22 heavy (non-hydrogen) atoms. The number of sulfone groups is 1. The van der Waals surface area contributed by atoms with Crippen molar-refractivity contribution in [1.82, 2.24) is 19.7 Å². The van der Waals surface area contributed by atoms with E-state index >= 15 is 0 Å². The molecule has 1 aliphatic carbocycles. The summed E-state index contributed by atoms with van der Waals surface area (Å²) in [6, 6.07) is 0.132. The van der Waals surface area contributed by atoms with Gasteiger partial charge in [-0.3, -0.25) is 9.36 Å². The second-order valence-corrected chi connectivity index (χ2v) is 8.07. The molecule has 2 fully saturated rings. The number of aryl methyl sites for hydroxylation is 1. The highest BCUT2D eigenvalue weighted by Crippen LogP contribution is 2.31. The van der Waals surface area contributed by atoms with Gasteiger partial charge in [-0.2, -0.15) is 0 Å². The molecule has 0 unspecified atom stereocenters. The van der Waals surface area contributed by atoms with Crippen LogP contribution in [0.2, 0.25) is 0 Å². The minimum atomic E-state index is -3.74. The molecule has 1 saturated carbocycles. The van der Waals surface area contributed by atoms with E-state index in [2.05, 4.69) is 10.2 Å². The van der Waals surface area contributed by atoms with Crippen LogP contribution >= 0.6 is 0 Å². The number of hydrogen-bond acceptors (Lipinski definition) is 5. The topological polar surface area (TPSA) is 85.2 Å². The molecule has 2 heterocycles. The molecule has 8 heteroatoms. The number of hydrogen-bond donors (Lipinski definition) is 0. The van der Waals surface area contributed by atoms with Crippen molar-refractivity contribution in [3.63, 3.8) is 0 Å². The van der Waals surface area contributed by atoms with Gasteiger partial charge in [-0.05, 0) is 26.2 Å². The molecule has 7 nitrogen and oxygen atoms in total. The minimum Gasteiger partial charge on any atom is -0.342 e. The van der Waals surface area contributed by atoms with Crippen molar-refractivity contribution in [2.24, 2.45) is 0 Å². The summed E-state index contributed by atoms with van der Waals surface area (Å²) < 4.78 is 26.9.